The van der Waals surface area contributed by atoms with Crippen LogP contribution in [0, 0.1) is 10.1 Å². The molecule has 9 heteroatoms. The van der Waals surface area contributed by atoms with Gasteiger partial charge in [-0.25, -0.2) is 0 Å². The molecule has 0 heterocycles. The summed E-state index contributed by atoms with van der Waals surface area (Å²) in [5.41, 5.74) is -0.198. The number of nitro benzene ring substituents is 1. The fourth-order valence-electron chi connectivity index (χ4n) is 1.85. The third-order valence-corrected chi connectivity index (χ3v) is 4.88. The summed E-state index contributed by atoms with van der Waals surface area (Å²) >= 11 is 0. The summed E-state index contributed by atoms with van der Waals surface area (Å²) in [6.45, 7) is 3.38. The quantitative estimate of drug-likeness (QED) is 0.325. The topological polar surface area (TPSA) is 108 Å². The summed E-state index contributed by atoms with van der Waals surface area (Å²) in [5.74, 6) is -1.24. The first kappa shape index (κ1) is 17.3. The molecular formula is C12H17N2O6P. The fraction of sp³-hybridized carbons (Fsp3) is 0.417. The van der Waals surface area contributed by atoms with Gasteiger partial charge in [-0.1, -0.05) is 12.1 Å². The number of para-hydroxylation sites is 1. The SMILES string of the molecule is CCOP(=O)(OCC)C(NC=O)c1ccccc1[N+](=O)[O-]. The monoisotopic (exact) mass is 316 g/mol. The summed E-state index contributed by atoms with van der Waals surface area (Å²) in [7, 11) is -3.78. The highest BCUT2D eigenvalue weighted by atomic mass is 31.2. The van der Waals surface area contributed by atoms with Gasteiger partial charge < -0.3 is 14.4 Å². The van der Waals surface area contributed by atoms with Crippen molar-refractivity contribution in [2.75, 3.05) is 13.2 Å². The smallest absolute Gasteiger partial charge is 0.341 e. The number of amides is 1. The van der Waals surface area contributed by atoms with Crippen LogP contribution < -0.4 is 5.32 Å². The number of rotatable bonds is 9. The summed E-state index contributed by atoms with van der Waals surface area (Å²) < 4.78 is 23.1. The molecule has 1 N–H and O–H groups in total. The zero-order valence-electron chi connectivity index (χ0n) is 11.7. The molecule has 1 rings (SSSR count). The second-order valence-corrected chi connectivity index (χ2v) is 5.99. The first-order chi connectivity index (χ1) is 10.00. The molecule has 0 radical (unpaired) electrons. The molecule has 1 aromatic rings. The second-order valence-electron chi connectivity index (χ2n) is 3.88. The normalized spacial score (nSPS) is 12.7. The highest BCUT2D eigenvalue weighted by Crippen LogP contribution is 2.60. The molecule has 0 bridgehead atoms. The third kappa shape index (κ3) is 4.10. The van der Waals surface area contributed by atoms with E-state index in [1.54, 1.807) is 19.9 Å². The summed E-state index contributed by atoms with van der Waals surface area (Å²) in [6, 6.07) is 5.69. The molecule has 21 heavy (non-hydrogen) atoms. The molecular weight excluding hydrogens is 299 g/mol. The van der Waals surface area contributed by atoms with Crippen molar-refractivity contribution in [1.82, 2.24) is 5.32 Å². The Balaban J connectivity index is 3.37. The van der Waals surface area contributed by atoms with E-state index in [1.165, 1.54) is 18.2 Å². The molecule has 8 nitrogen and oxygen atoms in total. The van der Waals surface area contributed by atoms with Crippen LogP contribution in [-0.2, 0) is 18.4 Å². The molecule has 116 valence electrons. The van der Waals surface area contributed by atoms with Crippen LogP contribution in [0.5, 0.6) is 0 Å². The van der Waals surface area contributed by atoms with Gasteiger partial charge in [0.2, 0.25) is 6.41 Å². The summed E-state index contributed by atoms with van der Waals surface area (Å²) in [5, 5.41) is 13.4. The van der Waals surface area contributed by atoms with Gasteiger partial charge in [0.1, 0.15) is 0 Å². The number of benzene rings is 1. The van der Waals surface area contributed by atoms with Gasteiger partial charge in [-0.05, 0) is 19.9 Å². The van der Waals surface area contributed by atoms with Crippen molar-refractivity contribution in [2.45, 2.75) is 19.6 Å². The third-order valence-electron chi connectivity index (χ3n) is 2.59. The number of hydrogen-bond acceptors (Lipinski definition) is 6. The maximum Gasteiger partial charge on any atom is 0.357 e. The minimum absolute atomic E-state index is 0.0693. The Morgan fingerprint density at radius 3 is 2.38 bits per heavy atom. The molecule has 0 saturated heterocycles. The Morgan fingerprint density at radius 2 is 1.90 bits per heavy atom. The highest BCUT2D eigenvalue weighted by molar-refractivity contribution is 7.54. The van der Waals surface area contributed by atoms with Crippen molar-refractivity contribution in [3.8, 4) is 0 Å². The number of hydrogen-bond donors (Lipinski definition) is 1. The summed E-state index contributed by atoms with van der Waals surface area (Å²) in [6.07, 6.45) is 0.312. The molecule has 1 unspecified atom stereocenters. The summed E-state index contributed by atoms with van der Waals surface area (Å²) in [4.78, 5) is 21.3. The molecule has 0 fully saturated rings. The van der Waals surface area contributed by atoms with Crippen LogP contribution in [0.15, 0.2) is 24.3 Å². The molecule has 0 saturated carbocycles. The average molecular weight is 316 g/mol. The van der Waals surface area contributed by atoms with Crippen LogP contribution in [0.1, 0.15) is 25.2 Å². The molecule has 0 aromatic heterocycles. The van der Waals surface area contributed by atoms with Gasteiger partial charge in [-0.2, -0.15) is 0 Å². The first-order valence-corrected chi connectivity index (χ1v) is 7.93. The number of carbonyl (C=O) groups is 1. The van der Waals surface area contributed by atoms with Gasteiger partial charge in [0.15, 0.2) is 5.78 Å². The van der Waals surface area contributed by atoms with E-state index in [9.17, 15) is 19.5 Å². The van der Waals surface area contributed by atoms with Crippen LogP contribution in [0.4, 0.5) is 5.69 Å². The van der Waals surface area contributed by atoms with Crippen molar-refractivity contribution in [2.24, 2.45) is 0 Å². The Labute approximate surface area is 122 Å². The minimum Gasteiger partial charge on any atom is -0.341 e. The number of nitro groups is 1. The van der Waals surface area contributed by atoms with Crippen LogP contribution in [0.3, 0.4) is 0 Å². The van der Waals surface area contributed by atoms with E-state index in [2.05, 4.69) is 5.32 Å². The predicted octanol–water partition coefficient (Wildman–Crippen LogP) is 2.61. The van der Waals surface area contributed by atoms with Crippen molar-refractivity contribution in [3.05, 3.63) is 39.9 Å². The first-order valence-electron chi connectivity index (χ1n) is 6.32. The Morgan fingerprint density at radius 1 is 1.33 bits per heavy atom. The lowest BCUT2D eigenvalue weighted by Gasteiger charge is -2.25. The maximum absolute atomic E-state index is 12.8. The van der Waals surface area contributed by atoms with Crippen LogP contribution in [0.2, 0.25) is 0 Å². The standard InChI is InChI=1S/C12H17N2O6P/c1-3-19-21(18,20-4-2)12(13-9-15)10-7-5-6-8-11(10)14(16)17/h5-9,12H,3-4H2,1-2H3,(H,13,15). The minimum atomic E-state index is -3.78. The van der Waals surface area contributed by atoms with Crippen LogP contribution >= 0.6 is 7.60 Å². The van der Waals surface area contributed by atoms with E-state index >= 15 is 0 Å². The van der Waals surface area contributed by atoms with Crippen molar-refractivity contribution in [1.29, 1.82) is 0 Å². The highest BCUT2D eigenvalue weighted by Gasteiger charge is 2.40. The number of carbonyl (C=O) groups excluding carboxylic acids is 1. The van der Waals surface area contributed by atoms with Gasteiger partial charge in [0, 0.05) is 6.07 Å². The van der Waals surface area contributed by atoms with Gasteiger partial charge in [-0.3, -0.25) is 19.5 Å². The lowest BCUT2D eigenvalue weighted by molar-refractivity contribution is -0.385. The Bertz CT molecular complexity index is 540. The molecule has 0 aliphatic carbocycles. The zero-order valence-corrected chi connectivity index (χ0v) is 12.6. The average Bonchev–Trinajstić information content (AvgIpc) is 2.45. The largest absolute Gasteiger partial charge is 0.357 e. The van der Waals surface area contributed by atoms with Gasteiger partial charge in [0.25, 0.3) is 5.69 Å². The van der Waals surface area contributed by atoms with Crippen LogP contribution in [-0.4, -0.2) is 24.5 Å². The molecule has 1 atom stereocenters. The maximum atomic E-state index is 12.8. The van der Waals surface area contributed by atoms with Crippen LogP contribution in [0.25, 0.3) is 0 Å². The molecule has 1 amide bonds. The molecule has 0 spiro atoms. The van der Waals surface area contributed by atoms with E-state index in [4.69, 9.17) is 9.05 Å². The molecule has 0 aliphatic rings. The van der Waals surface area contributed by atoms with Gasteiger partial charge >= 0.3 is 7.60 Å². The van der Waals surface area contributed by atoms with E-state index in [-0.39, 0.29) is 24.5 Å². The Hall–Kier alpha value is -1.76. The number of nitrogens with zero attached hydrogens (tertiary/aromatic N) is 1. The van der Waals surface area contributed by atoms with E-state index in [0.717, 1.165) is 0 Å². The zero-order chi connectivity index (χ0) is 15.9. The Kier molecular flexibility index (Phi) is 6.48. The van der Waals surface area contributed by atoms with Gasteiger partial charge in [-0.15, -0.1) is 0 Å². The fourth-order valence-corrected chi connectivity index (χ4v) is 3.74. The number of nitrogens with one attached hydrogen (secondary N) is 1. The van der Waals surface area contributed by atoms with Crippen molar-refractivity contribution < 1.29 is 23.3 Å². The van der Waals surface area contributed by atoms with E-state index < -0.39 is 18.3 Å². The van der Waals surface area contributed by atoms with Crippen molar-refractivity contribution in [3.63, 3.8) is 0 Å². The van der Waals surface area contributed by atoms with E-state index in [1.807, 2.05) is 0 Å². The lowest BCUT2D eigenvalue weighted by atomic mass is 10.2. The lowest BCUT2D eigenvalue weighted by Crippen LogP contribution is -2.23. The second kappa shape index (κ2) is 7.87. The molecule has 0 aliphatic heterocycles. The van der Waals surface area contributed by atoms with E-state index in [0.29, 0.717) is 6.41 Å². The predicted molar refractivity (Wildman–Crippen MR) is 75.9 cm³/mol. The molecule has 1 aromatic carbocycles. The van der Waals surface area contributed by atoms with Gasteiger partial charge in [0.05, 0.1) is 23.7 Å². The van der Waals surface area contributed by atoms with Crippen molar-refractivity contribution >= 4 is 19.7 Å².